The van der Waals surface area contributed by atoms with E-state index < -0.39 is 0 Å². The number of aromatic nitrogens is 3. The quantitative estimate of drug-likeness (QED) is 0.697. The molecule has 23 heavy (non-hydrogen) atoms. The summed E-state index contributed by atoms with van der Waals surface area (Å²) < 4.78 is 3.50. The number of benzene rings is 1. The van der Waals surface area contributed by atoms with Crippen LogP contribution in [0.5, 0.6) is 0 Å². The van der Waals surface area contributed by atoms with Crippen molar-refractivity contribution < 1.29 is 0 Å². The first-order valence-corrected chi connectivity index (χ1v) is 8.09. The van der Waals surface area contributed by atoms with Crippen molar-refractivity contribution in [1.82, 2.24) is 14.1 Å². The van der Waals surface area contributed by atoms with Crippen LogP contribution >= 0.6 is 0 Å². The summed E-state index contributed by atoms with van der Waals surface area (Å²) in [5.74, 6) is 0. The number of imidazole rings is 1. The molecule has 0 atom stereocenters. The van der Waals surface area contributed by atoms with E-state index in [1.54, 1.807) is 21.4 Å². The Labute approximate surface area is 134 Å². The zero-order valence-corrected chi connectivity index (χ0v) is 13.0. The fourth-order valence-corrected chi connectivity index (χ4v) is 3.58. The molecule has 0 saturated carbocycles. The van der Waals surface area contributed by atoms with Gasteiger partial charge in [0.2, 0.25) is 0 Å². The number of fused-ring (bicyclic) bond motifs is 2. The van der Waals surface area contributed by atoms with Gasteiger partial charge in [0.15, 0.2) is 5.65 Å². The van der Waals surface area contributed by atoms with Gasteiger partial charge in [-0.3, -0.25) is 4.57 Å². The van der Waals surface area contributed by atoms with Gasteiger partial charge in [0.1, 0.15) is 0 Å². The molecule has 1 aliphatic rings. The molecule has 2 aromatic heterocycles. The number of hydrogen-bond acceptors (Lipinski definition) is 2. The van der Waals surface area contributed by atoms with Gasteiger partial charge in [0.05, 0.1) is 11.2 Å². The number of pyridine rings is 1. The van der Waals surface area contributed by atoms with Crippen molar-refractivity contribution in [3.63, 3.8) is 0 Å². The molecule has 0 amide bonds. The first-order valence-electron chi connectivity index (χ1n) is 8.09. The lowest BCUT2D eigenvalue weighted by Crippen LogP contribution is -2.24. The second kappa shape index (κ2) is 5.54. The van der Waals surface area contributed by atoms with Gasteiger partial charge in [0, 0.05) is 12.7 Å². The largest absolute Gasteiger partial charge is 0.335 e. The lowest BCUT2D eigenvalue weighted by molar-refractivity contribution is 0.678. The lowest BCUT2D eigenvalue weighted by atomic mass is 9.90. The minimum Gasteiger partial charge on any atom is -0.286 e. The number of allylic oxidation sites excluding steroid dienone is 1. The van der Waals surface area contributed by atoms with Crippen LogP contribution in [0.4, 0.5) is 0 Å². The van der Waals surface area contributed by atoms with Crippen LogP contribution < -0.4 is 5.69 Å². The fourth-order valence-electron chi connectivity index (χ4n) is 3.58. The Balaban J connectivity index is 2.06. The Morgan fingerprint density at radius 1 is 1.17 bits per heavy atom. The summed E-state index contributed by atoms with van der Waals surface area (Å²) in [5.41, 5.74) is 5.17. The molecule has 4 nitrogen and oxygen atoms in total. The molecule has 1 aromatic carbocycles. The Morgan fingerprint density at radius 3 is 2.91 bits per heavy atom. The SMILES string of the molecule is C=CCn1c(=O)n(-c2cccc3c2CCCC3)c2ncccc21. The van der Waals surface area contributed by atoms with E-state index in [4.69, 9.17) is 0 Å². The highest BCUT2D eigenvalue weighted by atomic mass is 16.1. The molecule has 1 aliphatic carbocycles. The second-order valence-electron chi connectivity index (χ2n) is 5.99. The number of hydrogen-bond donors (Lipinski definition) is 0. The van der Waals surface area contributed by atoms with E-state index in [0.717, 1.165) is 29.7 Å². The standard InChI is InChI=1S/C19H19N3O/c1-2-13-21-17-11-6-12-20-18(17)22(19(21)23)16-10-5-8-14-7-3-4-9-15(14)16/h2,5-6,8,10-12H,1,3-4,7,9,13H2. The van der Waals surface area contributed by atoms with Crippen molar-refractivity contribution in [2.24, 2.45) is 0 Å². The van der Waals surface area contributed by atoms with Crippen LogP contribution in [-0.4, -0.2) is 14.1 Å². The molecule has 0 unspecified atom stereocenters. The molecule has 0 bridgehead atoms. The average Bonchev–Trinajstić information content (AvgIpc) is 2.87. The third-order valence-electron chi connectivity index (χ3n) is 4.61. The van der Waals surface area contributed by atoms with Gasteiger partial charge in [0.25, 0.3) is 0 Å². The van der Waals surface area contributed by atoms with Crippen molar-refractivity contribution in [1.29, 1.82) is 0 Å². The van der Waals surface area contributed by atoms with Crippen molar-refractivity contribution in [2.75, 3.05) is 0 Å². The van der Waals surface area contributed by atoms with E-state index in [9.17, 15) is 4.79 Å². The van der Waals surface area contributed by atoms with Gasteiger partial charge in [-0.15, -0.1) is 6.58 Å². The second-order valence-corrected chi connectivity index (χ2v) is 5.99. The topological polar surface area (TPSA) is 39.8 Å². The van der Waals surface area contributed by atoms with Gasteiger partial charge in [-0.2, -0.15) is 0 Å². The van der Waals surface area contributed by atoms with Crippen molar-refractivity contribution in [2.45, 2.75) is 32.2 Å². The highest BCUT2D eigenvalue weighted by Gasteiger charge is 2.20. The minimum atomic E-state index is -0.0439. The molecule has 0 fully saturated rings. The molecular formula is C19H19N3O. The van der Waals surface area contributed by atoms with Gasteiger partial charge in [-0.05, 0) is 55.0 Å². The third kappa shape index (κ3) is 2.13. The number of aryl methyl sites for hydroxylation is 1. The van der Waals surface area contributed by atoms with E-state index in [1.807, 2.05) is 24.3 Å². The maximum Gasteiger partial charge on any atom is 0.335 e. The van der Waals surface area contributed by atoms with Crippen molar-refractivity contribution >= 4 is 11.2 Å². The molecule has 116 valence electrons. The first kappa shape index (κ1) is 14.0. The Hall–Kier alpha value is -2.62. The van der Waals surface area contributed by atoms with Gasteiger partial charge in [-0.25, -0.2) is 14.3 Å². The Morgan fingerprint density at radius 2 is 2.04 bits per heavy atom. The molecule has 0 N–H and O–H groups in total. The predicted molar refractivity (Wildman–Crippen MR) is 92.2 cm³/mol. The molecule has 0 saturated heterocycles. The maximum absolute atomic E-state index is 13.0. The van der Waals surface area contributed by atoms with E-state index in [2.05, 4.69) is 17.6 Å². The van der Waals surface area contributed by atoms with E-state index >= 15 is 0 Å². The van der Waals surface area contributed by atoms with Gasteiger partial charge in [-0.1, -0.05) is 18.2 Å². The minimum absolute atomic E-state index is 0.0439. The van der Waals surface area contributed by atoms with E-state index in [-0.39, 0.29) is 5.69 Å². The Kier molecular flexibility index (Phi) is 3.37. The van der Waals surface area contributed by atoms with Crippen LogP contribution in [0.3, 0.4) is 0 Å². The molecule has 3 aromatic rings. The van der Waals surface area contributed by atoms with Crippen LogP contribution in [0, 0.1) is 0 Å². The summed E-state index contributed by atoms with van der Waals surface area (Å²) in [6.07, 6.45) is 8.01. The highest BCUT2D eigenvalue weighted by molar-refractivity contribution is 5.74. The van der Waals surface area contributed by atoms with E-state index in [0.29, 0.717) is 6.54 Å². The summed E-state index contributed by atoms with van der Waals surface area (Å²) in [6.45, 7) is 4.26. The normalized spacial score (nSPS) is 13.9. The van der Waals surface area contributed by atoms with Crippen LogP contribution in [0.15, 0.2) is 54.0 Å². The monoisotopic (exact) mass is 305 g/mol. The van der Waals surface area contributed by atoms with Crippen LogP contribution in [0.1, 0.15) is 24.0 Å². The first-order chi connectivity index (χ1) is 11.3. The van der Waals surface area contributed by atoms with Crippen molar-refractivity contribution in [3.05, 3.63) is 70.8 Å². The maximum atomic E-state index is 13.0. The lowest BCUT2D eigenvalue weighted by Gasteiger charge is -2.19. The fraction of sp³-hybridized carbons (Fsp3) is 0.263. The summed E-state index contributed by atoms with van der Waals surface area (Å²) in [7, 11) is 0. The zero-order valence-electron chi connectivity index (χ0n) is 13.0. The Bertz CT molecular complexity index is 949. The van der Waals surface area contributed by atoms with Crippen LogP contribution in [0.25, 0.3) is 16.9 Å². The van der Waals surface area contributed by atoms with Gasteiger partial charge >= 0.3 is 5.69 Å². The van der Waals surface area contributed by atoms with Crippen LogP contribution in [0.2, 0.25) is 0 Å². The number of nitrogens with zero attached hydrogens (tertiary/aromatic N) is 3. The van der Waals surface area contributed by atoms with E-state index in [1.165, 1.54) is 24.0 Å². The molecular weight excluding hydrogens is 286 g/mol. The molecule has 4 rings (SSSR count). The smallest absolute Gasteiger partial charge is 0.286 e. The summed E-state index contributed by atoms with van der Waals surface area (Å²) in [4.78, 5) is 17.5. The van der Waals surface area contributed by atoms with Crippen LogP contribution in [-0.2, 0) is 19.4 Å². The highest BCUT2D eigenvalue weighted by Crippen LogP contribution is 2.28. The summed E-state index contributed by atoms with van der Waals surface area (Å²) in [6, 6.07) is 10.1. The zero-order chi connectivity index (χ0) is 15.8. The summed E-state index contributed by atoms with van der Waals surface area (Å²) in [5, 5.41) is 0. The molecule has 4 heteroatoms. The average molecular weight is 305 g/mol. The third-order valence-corrected chi connectivity index (χ3v) is 4.61. The summed E-state index contributed by atoms with van der Waals surface area (Å²) >= 11 is 0. The van der Waals surface area contributed by atoms with Gasteiger partial charge < -0.3 is 0 Å². The number of rotatable bonds is 3. The molecule has 0 aliphatic heterocycles. The molecule has 0 radical (unpaired) electrons. The van der Waals surface area contributed by atoms with Crippen molar-refractivity contribution in [3.8, 4) is 5.69 Å². The predicted octanol–water partition coefficient (Wildman–Crippen LogP) is 3.25. The molecule has 0 spiro atoms. The molecule has 2 heterocycles.